The highest BCUT2D eigenvalue weighted by Crippen LogP contribution is 2.28. The van der Waals surface area contributed by atoms with Gasteiger partial charge in [0.2, 0.25) is 5.91 Å². The number of sulfone groups is 1. The molecular formula is C19H17FN2O3S2. The molecule has 0 radical (unpaired) electrons. The van der Waals surface area contributed by atoms with E-state index >= 15 is 0 Å². The lowest BCUT2D eigenvalue weighted by molar-refractivity contribution is -0.120. The average molecular weight is 404 g/mol. The molecule has 0 spiro atoms. The quantitative estimate of drug-likeness (QED) is 0.614. The largest absolute Gasteiger partial charge is 0.354 e. The van der Waals surface area contributed by atoms with E-state index < -0.39 is 20.9 Å². The molecule has 0 aliphatic rings. The summed E-state index contributed by atoms with van der Waals surface area (Å²) in [7, 11) is -3.85. The minimum Gasteiger partial charge on any atom is -0.354 e. The highest BCUT2D eigenvalue weighted by atomic mass is 32.2. The van der Waals surface area contributed by atoms with Crippen molar-refractivity contribution >= 4 is 27.1 Å². The average Bonchev–Trinajstić information content (AvgIpc) is 3.16. The Morgan fingerprint density at radius 1 is 1.15 bits per heavy atom. The summed E-state index contributed by atoms with van der Waals surface area (Å²) in [6, 6.07) is 11.6. The topological polar surface area (TPSA) is 76.1 Å². The zero-order chi connectivity index (χ0) is 19.3. The molecule has 0 aliphatic heterocycles. The van der Waals surface area contributed by atoms with Gasteiger partial charge in [-0.1, -0.05) is 12.1 Å². The highest BCUT2D eigenvalue weighted by molar-refractivity contribution is 7.91. The SMILES string of the molecule is O=C(Cc1cccs1)NC[C@@H](c1cccnc1)S(=O)(=O)c1ccc(F)cc1. The van der Waals surface area contributed by atoms with E-state index in [4.69, 9.17) is 0 Å². The first-order valence-electron chi connectivity index (χ1n) is 8.15. The van der Waals surface area contributed by atoms with Crippen molar-refractivity contribution in [3.05, 3.63) is 82.6 Å². The zero-order valence-electron chi connectivity index (χ0n) is 14.2. The van der Waals surface area contributed by atoms with Crippen LogP contribution in [-0.4, -0.2) is 25.9 Å². The molecule has 1 atom stereocenters. The van der Waals surface area contributed by atoms with Crippen molar-refractivity contribution < 1.29 is 17.6 Å². The van der Waals surface area contributed by atoms with Crippen LogP contribution < -0.4 is 5.32 Å². The molecule has 5 nitrogen and oxygen atoms in total. The molecule has 140 valence electrons. The first-order valence-corrected chi connectivity index (χ1v) is 10.6. The van der Waals surface area contributed by atoms with Crippen LogP contribution in [0.1, 0.15) is 15.7 Å². The molecular weight excluding hydrogens is 387 g/mol. The number of carbonyl (C=O) groups is 1. The van der Waals surface area contributed by atoms with Gasteiger partial charge in [0.1, 0.15) is 11.1 Å². The smallest absolute Gasteiger partial charge is 0.225 e. The van der Waals surface area contributed by atoms with Crippen molar-refractivity contribution in [1.29, 1.82) is 0 Å². The Morgan fingerprint density at radius 2 is 1.93 bits per heavy atom. The molecule has 2 aromatic heterocycles. The van der Waals surface area contributed by atoms with Crippen LogP contribution in [0.25, 0.3) is 0 Å². The summed E-state index contributed by atoms with van der Waals surface area (Å²) < 4.78 is 39.3. The summed E-state index contributed by atoms with van der Waals surface area (Å²) >= 11 is 1.46. The Labute approximate surface area is 160 Å². The third-order valence-electron chi connectivity index (χ3n) is 3.97. The summed E-state index contributed by atoms with van der Waals surface area (Å²) in [4.78, 5) is 17.1. The Hall–Kier alpha value is -2.58. The van der Waals surface area contributed by atoms with Gasteiger partial charge in [0.25, 0.3) is 0 Å². The monoisotopic (exact) mass is 404 g/mol. The van der Waals surface area contributed by atoms with Gasteiger partial charge in [0.15, 0.2) is 9.84 Å². The molecule has 3 aromatic rings. The molecule has 0 unspecified atom stereocenters. The molecule has 0 saturated heterocycles. The van der Waals surface area contributed by atoms with E-state index in [9.17, 15) is 17.6 Å². The summed E-state index contributed by atoms with van der Waals surface area (Å²) in [5, 5.41) is 3.54. The summed E-state index contributed by atoms with van der Waals surface area (Å²) in [6.07, 6.45) is 3.19. The van der Waals surface area contributed by atoms with Gasteiger partial charge < -0.3 is 5.32 Å². The molecule has 27 heavy (non-hydrogen) atoms. The highest BCUT2D eigenvalue weighted by Gasteiger charge is 2.30. The number of aromatic nitrogens is 1. The minimum atomic E-state index is -3.85. The number of hydrogen-bond donors (Lipinski definition) is 1. The third-order valence-corrected chi connectivity index (χ3v) is 6.97. The van der Waals surface area contributed by atoms with Gasteiger partial charge in [-0.05, 0) is 47.3 Å². The van der Waals surface area contributed by atoms with E-state index in [1.807, 2.05) is 17.5 Å². The number of halogens is 1. The predicted octanol–water partition coefficient (Wildman–Crippen LogP) is 3.16. The van der Waals surface area contributed by atoms with Crippen LogP contribution in [0.15, 0.2) is 71.2 Å². The molecule has 0 saturated carbocycles. The second-order valence-corrected chi connectivity index (χ2v) is 9.00. The Bertz CT molecular complexity index is 989. The lowest BCUT2D eigenvalue weighted by atomic mass is 10.2. The van der Waals surface area contributed by atoms with Gasteiger partial charge in [0.05, 0.1) is 11.3 Å². The standard InChI is InChI=1S/C19H17FN2O3S2/c20-15-5-7-17(8-6-15)27(24,25)18(14-3-1-9-21-12-14)13-22-19(23)11-16-4-2-10-26-16/h1-10,12,18H,11,13H2,(H,22,23)/t18-/m0/s1. The van der Waals surface area contributed by atoms with Gasteiger partial charge >= 0.3 is 0 Å². The van der Waals surface area contributed by atoms with E-state index in [1.165, 1.54) is 29.7 Å². The number of nitrogens with one attached hydrogen (secondary N) is 1. The molecule has 0 aliphatic carbocycles. The molecule has 1 amide bonds. The normalized spacial score (nSPS) is 12.5. The molecule has 8 heteroatoms. The van der Waals surface area contributed by atoms with E-state index in [1.54, 1.807) is 18.3 Å². The first-order chi connectivity index (χ1) is 13.0. The van der Waals surface area contributed by atoms with E-state index in [2.05, 4.69) is 10.3 Å². The fraction of sp³-hybridized carbons (Fsp3) is 0.158. The van der Waals surface area contributed by atoms with Crippen LogP contribution in [0.2, 0.25) is 0 Å². The number of thiophene rings is 1. The van der Waals surface area contributed by atoms with Crippen LogP contribution in [0.3, 0.4) is 0 Å². The maximum absolute atomic E-state index is 13.2. The number of pyridine rings is 1. The van der Waals surface area contributed by atoms with Crippen molar-refractivity contribution in [3.63, 3.8) is 0 Å². The molecule has 0 fully saturated rings. The number of carbonyl (C=O) groups excluding carboxylic acids is 1. The van der Waals surface area contributed by atoms with Crippen LogP contribution in [0, 0.1) is 5.82 Å². The van der Waals surface area contributed by atoms with Crippen LogP contribution >= 0.6 is 11.3 Å². The van der Waals surface area contributed by atoms with Gasteiger partial charge in [-0.25, -0.2) is 12.8 Å². The maximum atomic E-state index is 13.2. The fourth-order valence-electron chi connectivity index (χ4n) is 2.60. The molecule has 1 N–H and O–H groups in total. The van der Waals surface area contributed by atoms with Gasteiger partial charge in [0, 0.05) is 23.8 Å². The van der Waals surface area contributed by atoms with Crippen molar-refractivity contribution in [2.24, 2.45) is 0 Å². The van der Waals surface area contributed by atoms with E-state index in [-0.39, 0.29) is 23.8 Å². The Kier molecular flexibility index (Phi) is 5.98. The molecule has 3 rings (SSSR count). The predicted molar refractivity (Wildman–Crippen MR) is 102 cm³/mol. The van der Waals surface area contributed by atoms with Crippen LogP contribution in [0.5, 0.6) is 0 Å². The van der Waals surface area contributed by atoms with E-state index in [0.717, 1.165) is 17.0 Å². The van der Waals surface area contributed by atoms with Crippen LogP contribution in [-0.2, 0) is 21.1 Å². The van der Waals surface area contributed by atoms with Crippen molar-refractivity contribution in [1.82, 2.24) is 10.3 Å². The minimum absolute atomic E-state index is 0.00902. The van der Waals surface area contributed by atoms with E-state index in [0.29, 0.717) is 5.56 Å². The van der Waals surface area contributed by atoms with Crippen molar-refractivity contribution in [2.75, 3.05) is 6.54 Å². The van der Waals surface area contributed by atoms with Gasteiger partial charge in [-0.3, -0.25) is 9.78 Å². The lowest BCUT2D eigenvalue weighted by Crippen LogP contribution is -2.32. The lowest BCUT2D eigenvalue weighted by Gasteiger charge is -2.18. The number of hydrogen-bond acceptors (Lipinski definition) is 5. The van der Waals surface area contributed by atoms with Crippen LogP contribution in [0.4, 0.5) is 4.39 Å². The second-order valence-electron chi connectivity index (χ2n) is 5.83. The number of rotatable bonds is 7. The first kappa shape index (κ1) is 19.2. The molecule has 1 aromatic carbocycles. The summed E-state index contributed by atoms with van der Waals surface area (Å²) in [5.41, 5.74) is 0.457. The van der Waals surface area contributed by atoms with Gasteiger partial charge in [-0.2, -0.15) is 0 Å². The molecule has 2 heterocycles. The summed E-state index contributed by atoms with van der Waals surface area (Å²) in [5.74, 6) is -0.781. The Morgan fingerprint density at radius 3 is 2.56 bits per heavy atom. The van der Waals surface area contributed by atoms with Crippen molar-refractivity contribution in [2.45, 2.75) is 16.6 Å². The molecule has 0 bridgehead atoms. The number of benzene rings is 1. The maximum Gasteiger partial charge on any atom is 0.225 e. The zero-order valence-corrected chi connectivity index (χ0v) is 15.8. The third kappa shape index (κ3) is 4.78. The Balaban J connectivity index is 1.83. The number of amides is 1. The second kappa shape index (κ2) is 8.41. The number of nitrogens with zero attached hydrogens (tertiary/aromatic N) is 1. The fourth-order valence-corrected chi connectivity index (χ4v) is 4.95. The van der Waals surface area contributed by atoms with Crippen molar-refractivity contribution in [3.8, 4) is 0 Å². The van der Waals surface area contributed by atoms with Gasteiger partial charge in [-0.15, -0.1) is 11.3 Å². The summed E-state index contributed by atoms with van der Waals surface area (Å²) in [6.45, 7) is -0.102.